The first-order valence-electron chi connectivity index (χ1n) is 12.2. The molecule has 1 aromatic heterocycles. The van der Waals surface area contributed by atoms with Crippen LogP contribution in [0.15, 0.2) is 42.0 Å². The second kappa shape index (κ2) is 11.1. The molecular formula is C28H37NO5S. The molecule has 0 saturated heterocycles. The average molecular weight is 500 g/mol. The zero-order valence-electron chi connectivity index (χ0n) is 21.4. The Balaban J connectivity index is 1.95. The molecule has 7 heteroatoms. The van der Waals surface area contributed by atoms with Gasteiger partial charge in [0.1, 0.15) is 11.9 Å². The van der Waals surface area contributed by atoms with E-state index in [1.807, 2.05) is 51.1 Å². The number of Topliss-reactive ketones (excluding diaryl/α,β-unsaturated/α-hetero) is 1. The number of carbonyl (C=O) groups excluding carboxylic acids is 2. The fraction of sp³-hybridized carbons (Fsp3) is 0.536. The maximum absolute atomic E-state index is 13.2. The summed E-state index contributed by atoms with van der Waals surface area (Å²) >= 11 is 1.61. The van der Waals surface area contributed by atoms with Gasteiger partial charge in [0.2, 0.25) is 0 Å². The predicted molar refractivity (Wildman–Crippen MR) is 139 cm³/mol. The summed E-state index contributed by atoms with van der Waals surface area (Å²) in [5, 5.41) is 22.6. The van der Waals surface area contributed by atoms with E-state index in [0.29, 0.717) is 12.8 Å². The topological polar surface area (TPSA) is 96.7 Å². The van der Waals surface area contributed by atoms with Crippen LogP contribution in [0.4, 0.5) is 0 Å². The summed E-state index contributed by atoms with van der Waals surface area (Å²) < 4.78 is 6.93. The number of carbonyl (C=O) groups is 2. The summed E-state index contributed by atoms with van der Waals surface area (Å²) in [4.78, 5) is 30.7. The van der Waals surface area contributed by atoms with Gasteiger partial charge in [-0.1, -0.05) is 57.6 Å². The molecule has 0 fully saturated rings. The molecule has 1 aliphatic heterocycles. The Hall–Kier alpha value is -2.35. The highest BCUT2D eigenvalue weighted by atomic mass is 32.1. The van der Waals surface area contributed by atoms with Crippen molar-refractivity contribution in [2.75, 3.05) is 0 Å². The Labute approximate surface area is 211 Å². The Morgan fingerprint density at radius 2 is 1.86 bits per heavy atom. The van der Waals surface area contributed by atoms with Crippen molar-refractivity contribution in [3.63, 3.8) is 0 Å². The van der Waals surface area contributed by atoms with Crippen LogP contribution >= 0.6 is 11.3 Å². The number of cyclic esters (lactones) is 1. The normalized spacial score (nSPS) is 31.5. The molecule has 2 N–H and O–H groups in total. The molecule has 1 aliphatic rings. The van der Waals surface area contributed by atoms with Crippen LogP contribution in [0.5, 0.6) is 0 Å². The highest BCUT2D eigenvalue weighted by molar-refractivity contribution is 7.18. The molecule has 0 unspecified atom stereocenters. The third-order valence-electron chi connectivity index (χ3n) is 7.02. The van der Waals surface area contributed by atoms with Crippen molar-refractivity contribution in [2.45, 2.75) is 79.1 Å². The van der Waals surface area contributed by atoms with Gasteiger partial charge < -0.3 is 14.9 Å². The number of aliphatic hydroxyl groups excluding tert-OH is 2. The maximum atomic E-state index is 13.2. The lowest BCUT2D eigenvalue weighted by Crippen LogP contribution is -2.45. The average Bonchev–Trinajstić information content (AvgIpc) is 3.18. The van der Waals surface area contributed by atoms with E-state index in [2.05, 4.69) is 11.1 Å². The third kappa shape index (κ3) is 6.46. The number of aliphatic hydroxyl groups is 2. The highest BCUT2D eigenvalue weighted by Crippen LogP contribution is 2.33. The number of hydrogen-bond donors (Lipinski definition) is 2. The number of allylic oxidation sites excluding steroid dienone is 2. The first-order valence-corrected chi connectivity index (χ1v) is 13.0. The molecule has 35 heavy (non-hydrogen) atoms. The summed E-state index contributed by atoms with van der Waals surface area (Å²) in [6, 6.07) is 5.90. The standard InChI is InChI=1S/C28H37NO5S/c1-16-8-7-9-17(2)26(32)18(3)27(33)28(5,6)24(30)15-25(31)34-22(12-10-16)20-11-13-23-21(14-20)29-19(4)35-23/h7,9-11,13-14,17-18,22,24,26,30,32H,8,12,15H2,1-6H3/b9-7+,16-10-/t17-,18+,22-,24-,26-/m0/s1. The van der Waals surface area contributed by atoms with Gasteiger partial charge in [-0.15, -0.1) is 11.3 Å². The molecule has 0 bridgehead atoms. The second-order valence-electron chi connectivity index (χ2n) is 10.3. The summed E-state index contributed by atoms with van der Waals surface area (Å²) in [6.07, 6.45) is 4.17. The van der Waals surface area contributed by atoms with E-state index >= 15 is 0 Å². The minimum atomic E-state index is -1.24. The van der Waals surface area contributed by atoms with Crippen molar-refractivity contribution in [3.8, 4) is 0 Å². The number of thiazole rings is 1. The van der Waals surface area contributed by atoms with Crippen molar-refractivity contribution in [3.05, 3.63) is 52.6 Å². The number of esters is 1. The molecule has 0 amide bonds. The van der Waals surface area contributed by atoms with Crippen LogP contribution in [-0.2, 0) is 14.3 Å². The van der Waals surface area contributed by atoms with Crippen molar-refractivity contribution in [2.24, 2.45) is 17.3 Å². The van der Waals surface area contributed by atoms with E-state index in [1.54, 1.807) is 32.1 Å². The Morgan fingerprint density at radius 3 is 2.57 bits per heavy atom. The predicted octanol–water partition coefficient (Wildman–Crippen LogP) is 5.46. The first-order chi connectivity index (χ1) is 16.4. The zero-order chi connectivity index (χ0) is 25.9. The maximum Gasteiger partial charge on any atom is 0.309 e. The van der Waals surface area contributed by atoms with Gasteiger partial charge in [0.05, 0.1) is 39.3 Å². The Kier molecular flexibility index (Phi) is 8.67. The van der Waals surface area contributed by atoms with Gasteiger partial charge in [-0.2, -0.15) is 0 Å². The summed E-state index contributed by atoms with van der Waals surface area (Å²) in [6.45, 7) is 10.7. The number of rotatable bonds is 1. The summed E-state index contributed by atoms with van der Waals surface area (Å²) in [5.41, 5.74) is 1.59. The zero-order valence-corrected chi connectivity index (χ0v) is 22.3. The lowest BCUT2D eigenvalue weighted by Gasteiger charge is -2.34. The molecule has 6 nitrogen and oxygen atoms in total. The molecule has 3 rings (SSSR count). The van der Waals surface area contributed by atoms with Gasteiger partial charge in [-0.3, -0.25) is 9.59 Å². The number of ether oxygens (including phenoxy) is 1. The van der Waals surface area contributed by atoms with Crippen LogP contribution in [0.1, 0.15) is 70.6 Å². The third-order valence-corrected chi connectivity index (χ3v) is 7.97. The van der Waals surface area contributed by atoms with Crippen molar-refractivity contribution >= 4 is 33.3 Å². The molecular weight excluding hydrogens is 462 g/mol. The molecule has 2 aromatic rings. The van der Waals surface area contributed by atoms with E-state index in [-0.39, 0.29) is 18.1 Å². The molecule has 0 aliphatic carbocycles. The van der Waals surface area contributed by atoms with Crippen LogP contribution in [0.3, 0.4) is 0 Å². The van der Waals surface area contributed by atoms with E-state index in [1.165, 1.54) is 0 Å². The number of benzene rings is 1. The number of hydrogen-bond acceptors (Lipinski definition) is 7. The van der Waals surface area contributed by atoms with Crippen molar-refractivity contribution < 1.29 is 24.5 Å². The number of nitrogens with zero attached hydrogens (tertiary/aromatic N) is 1. The van der Waals surface area contributed by atoms with E-state index < -0.39 is 35.6 Å². The first kappa shape index (κ1) is 27.2. The van der Waals surface area contributed by atoms with Crippen molar-refractivity contribution in [1.82, 2.24) is 4.98 Å². The molecule has 0 spiro atoms. The molecule has 0 saturated carbocycles. The number of ketones is 1. The van der Waals surface area contributed by atoms with Gasteiger partial charge in [0.25, 0.3) is 0 Å². The van der Waals surface area contributed by atoms with Gasteiger partial charge >= 0.3 is 5.97 Å². The van der Waals surface area contributed by atoms with Crippen LogP contribution < -0.4 is 0 Å². The summed E-state index contributed by atoms with van der Waals surface area (Å²) in [7, 11) is 0. The second-order valence-corrected chi connectivity index (χ2v) is 11.5. The summed E-state index contributed by atoms with van der Waals surface area (Å²) in [5.74, 6) is -1.78. The van der Waals surface area contributed by atoms with Crippen LogP contribution in [-0.4, -0.2) is 39.2 Å². The minimum Gasteiger partial charge on any atom is -0.457 e. The monoisotopic (exact) mass is 499 g/mol. The largest absolute Gasteiger partial charge is 0.457 e. The highest BCUT2D eigenvalue weighted by Gasteiger charge is 2.42. The van der Waals surface area contributed by atoms with E-state index in [9.17, 15) is 19.8 Å². The quantitative estimate of drug-likeness (QED) is 0.399. The molecule has 5 atom stereocenters. The minimum absolute atomic E-state index is 0.228. The SMILES string of the molecule is C/C1=C/C[C@@H](c2ccc3sc(C)nc3c2)OC(=O)C[C@H](O)C(C)(C)C(=O)[C@H](C)[C@@H](O)[C@@H](C)/C=C/C1. The molecule has 2 heterocycles. The van der Waals surface area contributed by atoms with Crippen LogP contribution in [0.25, 0.3) is 10.2 Å². The Bertz CT molecular complexity index is 1130. The number of aryl methyl sites for hydroxylation is 1. The molecule has 190 valence electrons. The van der Waals surface area contributed by atoms with E-state index in [0.717, 1.165) is 26.4 Å². The molecule has 0 radical (unpaired) electrons. The molecule has 1 aromatic carbocycles. The smallest absolute Gasteiger partial charge is 0.309 e. The van der Waals surface area contributed by atoms with Gasteiger partial charge in [-0.05, 0) is 38.0 Å². The van der Waals surface area contributed by atoms with E-state index in [4.69, 9.17) is 4.74 Å². The lowest BCUT2D eigenvalue weighted by molar-refractivity contribution is -0.155. The van der Waals surface area contributed by atoms with Crippen LogP contribution in [0.2, 0.25) is 0 Å². The van der Waals surface area contributed by atoms with Gasteiger partial charge in [0.15, 0.2) is 0 Å². The fourth-order valence-electron chi connectivity index (χ4n) is 4.47. The van der Waals surface area contributed by atoms with Gasteiger partial charge in [0, 0.05) is 18.3 Å². The number of fused-ring (bicyclic) bond motifs is 1. The van der Waals surface area contributed by atoms with Crippen molar-refractivity contribution in [1.29, 1.82) is 0 Å². The van der Waals surface area contributed by atoms with Gasteiger partial charge in [-0.25, -0.2) is 4.98 Å². The lowest BCUT2D eigenvalue weighted by atomic mass is 9.73. The fourth-order valence-corrected chi connectivity index (χ4v) is 5.27. The Morgan fingerprint density at radius 1 is 1.14 bits per heavy atom. The number of aromatic nitrogens is 1. The van der Waals surface area contributed by atoms with Crippen LogP contribution in [0, 0.1) is 24.2 Å².